The minimum absolute atomic E-state index is 0.0691. The molecule has 0 atom stereocenters. The van der Waals surface area contributed by atoms with E-state index in [-0.39, 0.29) is 11.3 Å². The van der Waals surface area contributed by atoms with Gasteiger partial charge in [-0.25, -0.2) is 4.98 Å². The zero-order chi connectivity index (χ0) is 27.4. The van der Waals surface area contributed by atoms with Gasteiger partial charge in [-0.2, -0.15) is 4.98 Å². The van der Waals surface area contributed by atoms with Crippen LogP contribution < -0.4 is 20.1 Å². The van der Waals surface area contributed by atoms with Crippen LogP contribution in [0.5, 0.6) is 17.4 Å². The molecule has 200 valence electrons. The molecule has 9 nitrogen and oxygen atoms in total. The molecule has 38 heavy (non-hydrogen) atoms. The number of likely N-dealkylation sites (N-methyl/N-ethyl adjacent to an activating group) is 1. The third-order valence-electron chi connectivity index (χ3n) is 6.25. The zero-order valence-electron chi connectivity index (χ0n) is 23.1. The molecule has 0 saturated carbocycles. The number of nitrogens with one attached hydrogen (secondary N) is 2. The normalized spacial score (nSPS) is 11.6. The third kappa shape index (κ3) is 6.06. The fourth-order valence-electron chi connectivity index (χ4n) is 4.13. The summed E-state index contributed by atoms with van der Waals surface area (Å²) in [5.74, 6) is 1.86. The Morgan fingerprint density at radius 3 is 2.58 bits per heavy atom. The molecular weight excluding hydrogens is 480 g/mol. The number of fused-ring (bicyclic) bond motifs is 1. The van der Waals surface area contributed by atoms with E-state index in [1.165, 1.54) is 0 Å². The Kier molecular flexibility index (Phi) is 7.87. The SMILES string of the molecule is COc1ccc(C(C)(C)C)cc1NC(=O)c1cc2cccc(Oc3ccnc(NCCN(C)C)n3)c2n1C. The molecule has 4 rings (SSSR count). The van der Waals surface area contributed by atoms with Crippen LogP contribution in [0, 0.1) is 0 Å². The highest BCUT2D eigenvalue weighted by molar-refractivity contribution is 6.07. The fraction of sp³-hybridized carbons (Fsp3) is 0.345. The number of ether oxygens (including phenoxy) is 2. The monoisotopic (exact) mass is 516 g/mol. The largest absolute Gasteiger partial charge is 0.495 e. The molecule has 0 aliphatic rings. The number of methoxy groups -OCH3 is 1. The van der Waals surface area contributed by atoms with Crippen molar-refractivity contribution < 1.29 is 14.3 Å². The summed E-state index contributed by atoms with van der Waals surface area (Å²) in [6, 6.07) is 15.1. The summed E-state index contributed by atoms with van der Waals surface area (Å²) in [6.07, 6.45) is 1.66. The molecule has 0 saturated heterocycles. The quantitative estimate of drug-likeness (QED) is 0.312. The molecular formula is C29H36N6O3. The Morgan fingerprint density at radius 2 is 1.87 bits per heavy atom. The maximum atomic E-state index is 13.4. The molecule has 2 aromatic heterocycles. The second-order valence-corrected chi connectivity index (χ2v) is 10.5. The zero-order valence-corrected chi connectivity index (χ0v) is 23.1. The van der Waals surface area contributed by atoms with Crippen molar-refractivity contribution in [2.75, 3.05) is 44.9 Å². The van der Waals surface area contributed by atoms with E-state index in [0.29, 0.717) is 41.3 Å². The van der Waals surface area contributed by atoms with Crippen LogP contribution >= 0.6 is 0 Å². The van der Waals surface area contributed by atoms with Crippen molar-refractivity contribution in [2.45, 2.75) is 26.2 Å². The van der Waals surface area contributed by atoms with E-state index < -0.39 is 0 Å². The Hall–Kier alpha value is -4.11. The van der Waals surface area contributed by atoms with E-state index in [2.05, 4.69) is 46.3 Å². The van der Waals surface area contributed by atoms with E-state index in [0.717, 1.165) is 23.0 Å². The fourth-order valence-corrected chi connectivity index (χ4v) is 4.13. The first-order valence-corrected chi connectivity index (χ1v) is 12.5. The standard InChI is InChI=1S/C29H36N6O3/c1-29(2,3)20-11-12-23(37-7)21(18-20)32-27(36)22-17-19-9-8-10-24(26(19)35(22)6)38-25-13-14-30-28(33-25)31-15-16-34(4)5/h8-14,17-18H,15-16H2,1-7H3,(H,32,36)(H,30,31,33). The summed E-state index contributed by atoms with van der Waals surface area (Å²) in [7, 11) is 7.47. The third-order valence-corrected chi connectivity index (χ3v) is 6.25. The predicted molar refractivity (Wildman–Crippen MR) is 152 cm³/mol. The van der Waals surface area contributed by atoms with Crippen LogP contribution in [0.2, 0.25) is 0 Å². The number of benzene rings is 2. The van der Waals surface area contributed by atoms with Gasteiger partial charge in [0.2, 0.25) is 11.8 Å². The Balaban J connectivity index is 1.60. The number of hydrogen-bond acceptors (Lipinski definition) is 7. The topological polar surface area (TPSA) is 93.5 Å². The second kappa shape index (κ2) is 11.1. The lowest BCUT2D eigenvalue weighted by Crippen LogP contribution is -2.21. The van der Waals surface area contributed by atoms with Crippen LogP contribution in [-0.4, -0.2) is 59.6 Å². The van der Waals surface area contributed by atoms with Gasteiger partial charge in [0.05, 0.1) is 18.3 Å². The molecule has 0 aliphatic heterocycles. The number of anilines is 2. The maximum Gasteiger partial charge on any atom is 0.272 e. The minimum Gasteiger partial charge on any atom is -0.495 e. The lowest BCUT2D eigenvalue weighted by atomic mass is 9.87. The number of carbonyl (C=O) groups is 1. The van der Waals surface area contributed by atoms with Crippen molar-refractivity contribution >= 4 is 28.4 Å². The number of aromatic nitrogens is 3. The predicted octanol–water partition coefficient (Wildman–Crippen LogP) is 5.29. The summed E-state index contributed by atoms with van der Waals surface area (Å²) in [5, 5.41) is 7.12. The van der Waals surface area contributed by atoms with Gasteiger partial charge in [0.25, 0.3) is 5.91 Å². The molecule has 0 spiro atoms. The van der Waals surface area contributed by atoms with E-state index in [1.54, 1.807) is 19.4 Å². The van der Waals surface area contributed by atoms with Crippen molar-refractivity contribution in [1.82, 2.24) is 19.4 Å². The van der Waals surface area contributed by atoms with Crippen molar-refractivity contribution in [3.63, 3.8) is 0 Å². The molecule has 0 bridgehead atoms. The van der Waals surface area contributed by atoms with Gasteiger partial charge in [-0.3, -0.25) is 4.79 Å². The highest BCUT2D eigenvalue weighted by atomic mass is 16.5. The van der Waals surface area contributed by atoms with Crippen LogP contribution in [0.3, 0.4) is 0 Å². The average molecular weight is 517 g/mol. The van der Waals surface area contributed by atoms with Crippen molar-refractivity contribution in [2.24, 2.45) is 7.05 Å². The average Bonchev–Trinajstić information content (AvgIpc) is 3.21. The molecule has 2 aromatic carbocycles. The Bertz CT molecular complexity index is 1440. The van der Waals surface area contributed by atoms with Crippen LogP contribution in [0.25, 0.3) is 10.9 Å². The number of nitrogens with zero attached hydrogens (tertiary/aromatic N) is 4. The minimum atomic E-state index is -0.242. The summed E-state index contributed by atoms with van der Waals surface area (Å²) >= 11 is 0. The van der Waals surface area contributed by atoms with E-state index in [4.69, 9.17) is 9.47 Å². The first-order chi connectivity index (χ1) is 18.1. The van der Waals surface area contributed by atoms with Gasteiger partial charge in [0.15, 0.2) is 5.75 Å². The number of carbonyl (C=O) groups excluding carboxylic acids is 1. The summed E-state index contributed by atoms with van der Waals surface area (Å²) in [4.78, 5) is 24.3. The summed E-state index contributed by atoms with van der Waals surface area (Å²) in [5.41, 5.74) is 2.94. The Morgan fingerprint density at radius 1 is 1.08 bits per heavy atom. The lowest BCUT2D eigenvalue weighted by Gasteiger charge is -2.21. The van der Waals surface area contributed by atoms with Crippen LogP contribution in [0.1, 0.15) is 36.8 Å². The number of hydrogen-bond donors (Lipinski definition) is 2. The lowest BCUT2D eigenvalue weighted by molar-refractivity contribution is 0.101. The van der Waals surface area contributed by atoms with Crippen molar-refractivity contribution in [3.05, 3.63) is 66.0 Å². The van der Waals surface area contributed by atoms with E-state index >= 15 is 0 Å². The molecule has 2 heterocycles. The van der Waals surface area contributed by atoms with Gasteiger partial charge in [-0.05, 0) is 49.3 Å². The van der Waals surface area contributed by atoms with Crippen LogP contribution in [0.4, 0.5) is 11.6 Å². The van der Waals surface area contributed by atoms with Gasteiger partial charge < -0.3 is 29.6 Å². The smallest absolute Gasteiger partial charge is 0.272 e. The summed E-state index contributed by atoms with van der Waals surface area (Å²) in [6.45, 7) is 7.96. The van der Waals surface area contributed by atoms with Crippen LogP contribution in [0.15, 0.2) is 54.7 Å². The summed E-state index contributed by atoms with van der Waals surface area (Å²) < 4.78 is 13.5. The first-order valence-electron chi connectivity index (χ1n) is 12.5. The molecule has 0 radical (unpaired) electrons. The molecule has 2 N–H and O–H groups in total. The highest BCUT2D eigenvalue weighted by Gasteiger charge is 2.20. The molecule has 1 amide bonds. The molecule has 9 heteroatoms. The number of para-hydroxylation sites is 1. The van der Waals surface area contributed by atoms with E-state index in [9.17, 15) is 4.79 Å². The Labute approximate surface area is 223 Å². The first kappa shape index (κ1) is 26.9. The highest BCUT2D eigenvalue weighted by Crippen LogP contribution is 2.34. The maximum absolute atomic E-state index is 13.4. The van der Waals surface area contributed by atoms with Gasteiger partial charge in [0.1, 0.15) is 11.4 Å². The number of aryl methyl sites for hydroxylation is 1. The molecule has 0 fully saturated rings. The van der Waals surface area contributed by atoms with Gasteiger partial charge in [-0.1, -0.05) is 39.0 Å². The second-order valence-electron chi connectivity index (χ2n) is 10.5. The van der Waals surface area contributed by atoms with Crippen molar-refractivity contribution in [1.29, 1.82) is 0 Å². The van der Waals surface area contributed by atoms with Crippen LogP contribution in [-0.2, 0) is 12.5 Å². The van der Waals surface area contributed by atoms with Gasteiger partial charge in [0, 0.05) is 37.8 Å². The van der Waals surface area contributed by atoms with Gasteiger partial charge >= 0.3 is 0 Å². The van der Waals surface area contributed by atoms with Crippen molar-refractivity contribution in [3.8, 4) is 17.4 Å². The molecule has 4 aromatic rings. The van der Waals surface area contributed by atoms with E-state index in [1.807, 2.05) is 68.2 Å². The number of rotatable bonds is 9. The number of amides is 1. The molecule has 0 unspecified atom stereocenters. The molecule has 0 aliphatic carbocycles. The van der Waals surface area contributed by atoms with Gasteiger partial charge in [-0.15, -0.1) is 0 Å².